The summed E-state index contributed by atoms with van der Waals surface area (Å²) in [5, 5.41) is 0. The second-order valence-electron chi connectivity index (χ2n) is 9.37. The minimum Gasteiger partial charge on any atom is -0.494 e. The first kappa shape index (κ1) is 23.1. The normalized spacial score (nSPS) is 27.1. The van der Waals surface area contributed by atoms with Crippen molar-refractivity contribution < 1.29 is 28.7 Å². The van der Waals surface area contributed by atoms with Crippen molar-refractivity contribution in [3.8, 4) is 5.75 Å². The molecule has 5 rings (SSSR count). The van der Waals surface area contributed by atoms with Gasteiger partial charge >= 0.3 is 5.97 Å². The van der Waals surface area contributed by atoms with Crippen LogP contribution in [-0.4, -0.2) is 57.7 Å². The van der Waals surface area contributed by atoms with Crippen LogP contribution in [0.25, 0.3) is 0 Å². The smallest absolute Gasteiger partial charge is 0.307 e. The van der Waals surface area contributed by atoms with Crippen LogP contribution >= 0.6 is 0 Å². The Morgan fingerprint density at radius 1 is 1.00 bits per heavy atom. The van der Waals surface area contributed by atoms with Crippen LogP contribution in [0.3, 0.4) is 0 Å². The molecule has 0 aromatic heterocycles. The van der Waals surface area contributed by atoms with Crippen LogP contribution in [0.1, 0.15) is 37.8 Å². The van der Waals surface area contributed by atoms with Crippen LogP contribution in [0.5, 0.6) is 5.75 Å². The van der Waals surface area contributed by atoms with E-state index in [4.69, 9.17) is 9.47 Å². The zero-order valence-electron chi connectivity index (χ0n) is 19.8. The van der Waals surface area contributed by atoms with Gasteiger partial charge in [0.2, 0.25) is 11.8 Å². The lowest BCUT2D eigenvalue weighted by Crippen LogP contribution is -2.52. The average molecular weight is 477 g/mol. The molecule has 0 unspecified atom stereocenters. The molecular weight excluding hydrogens is 448 g/mol. The Hall–Kier alpha value is -3.68. The van der Waals surface area contributed by atoms with Gasteiger partial charge in [-0.15, -0.1) is 0 Å². The molecule has 0 aliphatic carbocycles. The predicted molar refractivity (Wildman–Crippen MR) is 125 cm³/mol. The van der Waals surface area contributed by atoms with Crippen molar-refractivity contribution in [3.05, 3.63) is 65.7 Å². The van der Waals surface area contributed by atoms with Gasteiger partial charge in [0, 0.05) is 18.5 Å². The summed E-state index contributed by atoms with van der Waals surface area (Å²) in [5.41, 5.74) is 0.277. The van der Waals surface area contributed by atoms with Gasteiger partial charge in [-0.05, 0) is 25.5 Å². The average Bonchev–Trinajstić information content (AvgIpc) is 3.36. The van der Waals surface area contributed by atoms with Gasteiger partial charge in [-0.1, -0.05) is 48.5 Å². The molecule has 3 aliphatic heterocycles. The molecule has 0 radical (unpaired) electrons. The first-order chi connectivity index (χ1) is 16.9. The second kappa shape index (κ2) is 8.83. The summed E-state index contributed by atoms with van der Waals surface area (Å²) in [6, 6.07) is 15.1. The number of hydrogen-bond acceptors (Lipinski definition) is 6. The molecule has 2 aromatic carbocycles. The highest BCUT2D eigenvalue weighted by atomic mass is 16.6. The van der Waals surface area contributed by atoms with E-state index >= 15 is 0 Å². The molecule has 0 bridgehead atoms. The van der Waals surface area contributed by atoms with Gasteiger partial charge in [0.1, 0.15) is 11.5 Å². The zero-order valence-corrected chi connectivity index (χ0v) is 19.8. The third-order valence-corrected chi connectivity index (χ3v) is 7.23. The highest BCUT2D eigenvalue weighted by Gasteiger charge is 2.76. The van der Waals surface area contributed by atoms with Crippen molar-refractivity contribution >= 4 is 23.6 Å². The van der Waals surface area contributed by atoms with E-state index in [1.807, 2.05) is 61.5 Å². The molecule has 8 nitrogen and oxygen atoms in total. The van der Waals surface area contributed by atoms with E-state index in [1.165, 1.54) is 11.8 Å². The number of rotatable bonds is 8. The van der Waals surface area contributed by atoms with E-state index < -0.39 is 29.6 Å². The van der Waals surface area contributed by atoms with Gasteiger partial charge in [0.05, 0.1) is 31.5 Å². The van der Waals surface area contributed by atoms with E-state index in [9.17, 15) is 19.2 Å². The first-order valence-electron chi connectivity index (χ1n) is 11.9. The molecule has 1 spiro atoms. The number of amides is 2. The van der Waals surface area contributed by atoms with Gasteiger partial charge in [-0.2, -0.15) is 0 Å². The van der Waals surface area contributed by atoms with Crippen molar-refractivity contribution in [1.82, 2.24) is 9.80 Å². The third kappa shape index (κ3) is 3.68. The fraction of sp³-hybridized carbons (Fsp3) is 0.407. The van der Waals surface area contributed by atoms with Crippen molar-refractivity contribution in [3.63, 3.8) is 0 Å². The van der Waals surface area contributed by atoms with E-state index in [1.54, 1.807) is 4.90 Å². The molecule has 3 heterocycles. The lowest BCUT2D eigenvalue weighted by atomic mass is 9.80. The fourth-order valence-corrected chi connectivity index (χ4v) is 5.89. The maximum absolute atomic E-state index is 14.0. The van der Waals surface area contributed by atoms with Gasteiger partial charge in [0.25, 0.3) is 0 Å². The van der Waals surface area contributed by atoms with Crippen molar-refractivity contribution in [2.45, 2.75) is 57.5 Å². The molecule has 35 heavy (non-hydrogen) atoms. The summed E-state index contributed by atoms with van der Waals surface area (Å²) in [4.78, 5) is 55.6. The highest BCUT2D eigenvalue weighted by molar-refractivity contribution is 6.02. The molecule has 3 saturated heterocycles. The number of para-hydroxylation sites is 1. The molecular formula is C27H28N2O6. The molecule has 4 atom stereocenters. The Morgan fingerprint density at radius 3 is 2.43 bits per heavy atom. The van der Waals surface area contributed by atoms with E-state index in [0.717, 1.165) is 11.1 Å². The quantitative estimate of drug-likeness (QED) is 0.544. The molecule has 3 aliphatic rings. The van der Waals surface area contributed by atoms with Gasteiger partial charge in [-0.25, -0.2) is 0 Å². The van der Waals surface area contributed by atoms with Crippen molar-refractivity contribution in [2.24, 2.45) is 5.92 Å². The second-order valence-corrected chi connectivity index (χ2v) is 9.37. The van der Waals surface area contributed by atoms with Crippen LogP contribution < -0.4 is 4.74 Å². The molecule has 2 amide bonds. The van der Waals surface area contributed by atoms with Crippen LogP contribution in [0.15, 0.2) is 54.6 Å². The monoisotopic (exact) mass is 476 g/mol. The third-order valence-electron chi connectivity index (χ3n) is 7.23. The molecule has 0 saturated carbocycles. The summed E-state index contributed by atoms with van der Waals surface area (Å²) in [7, 11) is 0. The number of carbonyl (C=O) groups excluding carboxylic acids is 4. The number of nitrogens with zero attached hydrogens (tertiary/aromatic N) is 2. The minimum absolute atomic E-state index is 0.00943. The number of ketones is 1. The van der Waals surface area contributed by atoms with E-state index in [0.29, 0.717) is 12.4 Å². The van der Waals surface area contributed by atoms with Gasteiger partial charge in [0.15, 0.2) is 11.6 Å². The lowest BCUT2D eigenvalue weighted by molar-refractivity contribution is -0.154. The number of esters is 1. The standard InChI is InChI=1S/C27H28N2O6/c1-3-34-21-12-8-7-11-19(21)16-29-24-26(33)28(15-18-9-5-4-6-10-18)22(13-17(2)30)27(24)20(25(29)32)14-23(31)35-27/h4-12,20,22,24H,3,13-16H2,1-2H3/t20-,22-,24+,27-/m0/s1. The topological polar surface area (TPSA) is 93.2 Å². The van der Waals surface area contributed by atoms with Gasteiger partial charge in [-0.3, -0.25) is 19.2 Å². The maximum Gasteiger partial charge on any atom is 0.307 e. The largest absolute Gasteiger partial charge is 0.494 e. The Labute approximate surface area is 203 Å². The zero-order chi connectivity index (χ0) is 24.7. The summed E-state index contributed by atoms with van der Waals surface area (Å²) in [6.07, 6.45) is -0.0880. The van der Waals surface area contributed by atoms with Crippen LogP contribution in [0.2, 0.25) is 0 Å². The van der Waals surface area contributed by atoms with Crippen LogP contribution in [-0.2, 0) is 37.0 Å². The Morgan fingerprint density at radius 2 is 1.71 bits per heavy atom. The SMILES string of the molecule is CCOc1ccccc1CN1C(=O)[C@@H]2CC(=O)O[C@]23[C@H](CC(C)=O)N(Cc2ccccc2)C(=O)[C@@H]13. The van der Waals surface area contributed by atoms with Crippen molar-refractivity contribution in [2.75, 3.05) is 6.61 Å². The van der Waals surface area contributed by atoms with E-state index in [2.05, 4.69) is 0 Å². The Kier molecular flexibility index (Phi) is 5.83. The Bertz CT molecular complexity index is 1180. The van der Waals surface area contributed by atoms with Crippen LogP contribution in [0, 0.1) is 5.92 Å². The molecule has 2 aromatic rings. The van der Waals surface area contributed by atoms with Crippen molar-refractivity contribution in [1.29, 1.82) is 0 Å². The summed E-state index contributed by atoms with van der Waals surface area (Å²) in [6.45, 7) is 4.20. The van der Waals surface area contributed by atoms with Crippen LogP contribution in [0.4, 0.5) is 0 Å². The maximum atomic E-state index is 14.0. The van der Waals surface area contributed by atoms with E-state index in [-0.39, 0.29) is 43.5 Å². The number of likely N-dealkylation sites (tertiary alicyclic amines) is 2. The van der Waals surface area contributed by atoms with Gasteiger partial charge < -0.3 is 19.3 Å². The number of Topliss-reactive ketones (excluding diaryl/α,β-unsaturated/α-hetero) is 1. The summed E-state index contributed by atoms with van der Waals surface area (Å²) < 4.78 is 11.7. The lowest BCUT2D eigenvalue weighted by Gasteiger charge is -2.34. The molecule has 182 valence electrons. The predicted octanol–water partition coefficient (Wildman–Crippen LogP) is 2.49. The fourth-order valence-electron chi connectivity index (χ4n) is 5.89. The molecule has 0 N–H and O–H groups in total. The highest BCUT2D eigenvalue weighted by Crippen LogP contribution is 2.54. The number of carbonyl (C=O) groups is 4. The number of benzene rings is 2. The molecule has 3 fully saturated rings. The number of hydrogen-bond donors (Lipinski definition) is 0. The Balaban J connectivity index is 1.58. The first-order valence-corrected chi connectivity index (χ1v) is 11.9. The molecule has 8 heteroatoms. The number of ether oxygens (including phenoxy) is 2. The minimum atomic E-state index is -1.38. The summed E-state index contributed by atoms with van der Waals surface area (Å²) >= 11 is 0. The summed E-state index contributed by atoms with van der Waals surface area (Å²) in [5.74, 6) is -1.42.